The van der Waals surface area contributed by atoms with E-state index >= 15 is 0 Å². The summed E-state index contributed by atoms with van der Waals surface area (Å²) in [6.07, 6.45) is 2.48. The van der Waals surface area contributed by atoms with E-state index in [9.17, 15) is 9.90 Å². The Morgan fingerprint density at radius 1 is 1.30 bits per heavy atom. The number of carbonyl (C=O) groups is 1. The molecule has 0 saturated heterocycles. The Kier molecular flexibility index (Phi) is 4.24. The number of nitrogens with zero attached hydrogens (tertiary/aromatic N) is 3. The van der Waals surface area contributed by atoms with E-state index in [0.29, 0.717) is 16.5 Å². The summed E-state index contributed by atoms with van der Waals surface area (Å²) in [4.78, 5) is 20.9. The molecule has 0 fully saturated rings. The van der Waals surface area contributed by atoms with Gasteiger partial charge in [0.2, 0.25) is 0 Å². The molecule has 1 heterocycles. The fraction of sp³-hybridized carbons (Fsp3) is 0.214. The van der Waals surface area contributed by atoms with Gasteiger partial charge in [-0.05, 0) is 24.3 Å². The van der Waals surface area contributed by atoms with Crippen LogP contribution in [0.4, 0.5) is 10.6 Å². The van der Waals surface area contributed by atoms with Crippen LogP contribution in [0.3, 0.4) is 0 Å². The molecule has 0 aliphatic heterocycles. The zero-order chi connectivity index (χ0) is 14.7. The van der Waals surface area contributed by atoms with Crippen molar-refractivity contribution in [3.63, 3.8) is 0 Å². The van der Waals surface area contributed by atoms with Gasteiger partial charge in [-0.25, -0.2) is 14.8 Å². The molecule has 1 aromatic heterocycles. The van der Waals surface area contributed by atoms with Crippen molar-refractivity contribution in [1.29, 1.82) is 0 Å². The first kappa shape index (κ1) is 14.3. The normalized spacial score (nSPS) is 10.3. The number of carboxylic acid groups (broad SMARTS) is 1. The lowest BCUT2D eigenvalue weighted by Gasteiger charge is -2.17. The third-order valence-electron chi connectivity index (χ3n) is 2.97. The smallest absolute Gasteiger partial charge is 0.412 e. The van der Waals surface area contributed by atoms with Crippen molar-refractivity contribution < 1.29 is 9.90 Å². The Bertz CT molecular complexity index is 646. The second kappa shape index (κ2) is 5.92. The highest BCUT2D eigenvalue weighted by molar-refractivity contribution is 7.98. The molecule has 5 nitrogen and oxygen atoms in total. The summed E-state index contributed by atoms with van der Waals surface area (Å²) in [5.41, 5.74) is 2.70. The van der Waals surface area contributed by atoms with Gasteiger partial charge in [0.25, 0.3) is 0 Å². The molecule has 0 unspecified atom stereocenters. The van der Waals surface area contributed by atoms with Crippen LogP contribution in [0, 0.1) is 6.92 Å². The van der Waals surface area contributed by atoms with Crippen molar-refractivity contribution in [3.8, 4) is 11.1 Å². The van der Waals surface area contributed by atoms with Gasteiger partial charge in [-0.2, -0.15) is 0 Å². The van der Waals surface area contributed by atoms with Gasteiger partial charge in [-0.1, -0.05) is 36.0 Å². The van der Waals surface area contributed by atoms with E-state index < -0.39 is 6.09 Å². The molecule has 104 valence electrons. The van der Waals surface area contributed by atoms with Crippen molar-refractivity contribution in [1.82, 2.24) is 9.97 Å². The summed E-state index contributed by atoms with van der Waals surface area (Å²) in [5.74, 6) is 0.395. The average Bonchev–Trinajstić information content (AvgIpc) is 2.46. The predicted molar refractivity (Wildman–Crippen MR) is 80.4 cm³/mol. The number of hydrogen-bond donors (Lipinski definition) is 1. The maximum absolute atomic E-state index is 11.2. The third-order valence-corrected chi connectivity index (χ3v) is 3.53. The van der Waals surface area contributed by atoms with Crippen molar-refractivity contribution in [2.45, 2.75) is 12.1 Å². The van der Waals surface area contributed by atoms with Crippen LogP contribution in [-0.4, -0.2) is 34.5 Å². The summed E-state index contributed by atoms with van der Waals surface area (Å²) in [6.45, 7) is 1.97. The Hall–Kier alpha value is -2.08. The number of hydrogen-bond acceptors (Lipinski definition) is 4. The molecular weight excluding hydrogens is 274 g/mol. The maximum atomic E-state index is 11.2. The average molecular weight is 289 g/mol. The third kappa shape index (κ3) is 2.75. The van der Waals surface area contributed by atoms with E-state index in [2.05, 4.69) is 9.97 Å². The van der Waals surface area contributed by atoms with Gasteiger partial charge in [0.05, 0.1) is 0 Å². The zero-order valence-corrected chi connectivity index (χ0v) is 12.3. The highest BCUT2D eigenvalue weighted by Gasteiger charge is 2.18. The van der Waals surface area contributed by atoms with Crippen LogP contribution in [0.2, 0.25) is 0 Å². The van der Waals surface area contributed by atoms with E-state index in [0.717, 1.165) is 16.0 Å². The van der Waals surface area contributed by atoms with Crippen LogP contribution in [0.5, 0.6) is 0 Å². The van der Waals surface area contributed by atoms with Gasteiger partial charge in [0, 0.05) is 18.8 Å². The van der Waals surface area contributed by atoms with Crippen LogP contribution in [0.25, 0.3) is 11.1 Å². The molecule has 0 atom stereocenters. The topological polar surface area (TPSA) is 66.3 Å². The lowest BCUT2D eigenvalue weighted by Crippen LogP contribution is -2.25. The minimum Gasteiger partial charge on any atom is -0.465 e. The van der Waals surface area contributed by atoms with Gasteiger partial charge in [0.1, 0.15) is 5.82 Å². The standard InChI is InChI=1S/C14H15N3O2S/c1-9-6-4-5-7-10(9)11-8-15-13(20-3)16-12(11)17(2)14(18)19/h4-8H,1-3H3,(H,18,19). The van der Waals surface area contributed by atoms with Crippen molar-refractivity contribution in [3.05, 3.63) is 36.0 Å². The molecule has 1 N–H and O–H groups in total. The van der Waals surface area contributed by atoms with Crippen molar-refractivity contribution >= 4 is 23.7 Å². The number of thioether (sulfide) groups is 1. The van der Waals surface area contributed by atoms with Gasteiger partial charge in [-0.15, -0.1) is 0 Å². The number of aromatic nitrogens is 2. The van der Waals surface area contributed by atoms with Crippen LogP contribution in [-0.2, 0) is 0 Å². The highest BCUT2D eigenvalue weighted by Crippen LogP contribution is 2.31. The number of benzene rings is 1. The largest absolute Gasteiger partial charge is 0.465 e. The second-order valence-corrected chi connectivity index (χ2v) is 5.02. The molecule has 6 heteroatoms. The number of amides is 1. The quantitative estimate of drug-likeness (QED) is 0.693. The van der Waals surface area contributed by atoms with Crippen LogP contribution >= 0.6 is 11.8 Å². The van der Waals surface area contributed by atoms with Crippen molar-refractivity contribution in [2.75, 3.05) is 18.2 Å². The minimum atomic E-state index is -1.05. The Morgan fingerprint density at radius 2 is 2.00 bits per heavy atom. The van der Waals surface area contributed by atoms with E-state index in [1.165, 1.54) is 18.8 Å². The predicted octanol–water partition coefficient (Wildman–Crippen LogP) is 3.29. The Balaban J connectivity index is 2.64. The molecule has 0 aliphatic carbocycles. The summed E-state index contributed by atoms with van der Waals surface area (Å²) in [7, 11) is 1.48. The van der Waals surface area contributed by atoms with Gasteiger partial charge >= 0.3 is 6.09 Å². The molecule has 1 aromatic carbocycles. The molecule has 2 aromatic rings. The fourth-order valence-electron chi connectivity index (χ4n) is 1.87. The number of rotatable bonds is 3. The van der Waals surface area contributed by atoms with Crippen LogP contribution in [0.15, 0.2) is 35.6 Å². The second-order valence-electron chi connectivity index (χ2n) is 4.25. The number of aryl methyl sites for hydroxylation is 1. The lowest BCUT2D eigenvalue weighted by atomic mass is 10.0. The minimum absolute atomic E-state index is 0.395. The fourth-order valence-corrected chi connectivity index (χ4v) is 2.20. The maximum Gasteiger partial charge on any atom is 0.412 e. The molecule has 0 spiro atoms. The molecule has 20 heavy (non-hydrogen) atoms. The summed E-state index contributed by atoms with van der Waals surface area (Å²) in [6, 6.07) is 7.76. The Morgan fingerprint density at radius 3 is 2.60 bits per heavy atom. The first-order valence-corrected chi connectivity index (χ1v) is 7.20. The van der Waals surface area contributed by atoms with E-state index in [-0.39, 0.29) is 0 Å². The van der Waals surface area contributed by atoms with Crippen LogP contribution < -0.4 is 4.90 Å². The first-order valence-electron chi connectivity index (χ1n) is 5.98. The Labute approximate surface area is 121 Å². The molecule has 0 saturated carbocycles. The SMILES string of the molecule is CSc1ncc(-c2ccccc2C)c(N(C)C(=O)O)n1. The molecule has 2 rings (SSSR count). The van der Waals surface area contributed by atoms with E-state index in [1.807, 2.05) is 37.4 Å². The molecule has 0 bridgehead atoms. The highest BCUT2D eigenvalue weighted by atomic mass is 32.2. The number of anilines is 1. The first-order chi connectivity index (χ1) is 9.54. The van der Waals surface area contributed by atoms with Gasteiger partial charge < -0.3 is 5.11 Å². The van der Waals surface area contributed by atoms with Crippen LogP contribution in [0.1, 0.15) is 5.56 Å². The van der Waals surface area contributed by atoms with E-state index in [1.54, 1.807) is 6.20 Å². The molecule has 1 amide bonds. The van der Waals surface area contributed by atoms with Gasteiger partial charge in [0.15, 0.2) is 5.16 Å². The van der Waals surface area contributed by atoms with Crippen molar-refractivity contribution in [2.24, 2.45) is 0 Å². The zero-order valence-electron chi connectivity index (χ0n) is 11.5. The monoisotopic (exact) mass is 289 g/mol. The van der Waals surface area contributed by atoms with Gasteiger partial charge in [-0.3, -0.25) is 4.90 Å². The summed E-state index contributed by atoms with van der Waals surface area (Å²) >= 11 is 1.38. The summed E-state index contributed by atoms with van der Waals surface area (Å²) < 4.78 is 0. The molecule has 0 aliphatic rings. The molecule has 0 radical (unpaired) electrons. The molecular formula is C14H15N3O2S. The summed E-state index contributed by atoms with van der Waals surface area (Å²) in [5, 5.41) is 9.75. The van der Waals surface area contributed by atoms with E-state index in [4.69, 9.17) is 0 Å². The lowest BCUT2D eigenvalue weighted by molar-refractivity contribution is 0.203.